The van der Waals surface area contributed by atoms with Gasteiger partial charge in [0.2, 0.25) is 11.8 Å². The fourth-order valence-electron chi connectivity index (χ4n) is 3.43. The third-order valence-electron chi connectivity index (χ3n) is 5.06. The molecule has 2 aromatic rings. The van der Waals surface area contributed by atoms with Crippen molar-refractivity contribution in [3.8, 4) is 6.07 Å². The molecule has 2 amide bonds. The lowest BCUT2D eigenvalue weighted by molar-refractivity contribution is -0.132. The predicted molar refractivity (Wildman–Crippen MR) is 109 cm³/mol. The summed E-state index contributed by atoms with van der Waals surface area (Å²) in [5.74, 6) is 0.224. The molecule has 1 heterocycles. The van der Waals surface area contributed by atoms with Gasteiger partial charge >= 0.3 is 0 Å². The molecule has 0 unspecified atom stereocenters. The summed E-state index contributed by atoms with van der Waals surface area (Å²) in [5.41, 5.74) is 3.45. The lowest BCUT2D eigenvalue weighted by Gasteiger charge is -2.27. The zero-order valence-electron chi connectivity index (χ0n) is 16.4. The minimum Gasteiger partial charge on any atom is -0.336 e. The second-order valence-corrected chi connectivity index (χ2v) is 7.42. The largest absolute Gasteiger partial charge is 0.336 e. The maximum atomic E-state index is 12.9. The van der Waals surface area contributed by atoms with E-state index in [1.165, 1.54) is 0 Å². The maximum absolute atomic E-state index is 12.9. The van der Waals surface area contributed by atoms with Gasteiger partial charge in [-0.15, -0.1) is 0 Å². The second-order valence-electron chi connectivity index (χ2n) is 7.42. The molecule has 0 bridgehead atoms. The third-order valence-corrected chi connectivity index (χ3v) is 5.06. The Morgan fingerprint density at radius 3 is 2.29 bits per heavy atom. The molecule has 0 atom stereocenters. The van der Waals surface area contributed by atoms with Crippen LogP contribution in [0.5, 0.6) is 0 Å². The molecule has 5 heteroatoms. The van der Waals surface area contributed by atoms with Crippen LogP contribution in [-0.4, -0.2) is 29.3 Å². The fourth-order valence-corrected chi connectivity index (χ4v) is 3.43. The van der Waals surface area contributed by atoms with Crippen LogP contribution in [0.25, 0.3) is 0 Å². The van der Waals surface area contributed by atoms with E-state index < -0.39 is 0 Å². The summed E-state index contributed by atoms with van der Waals surface area (Å²) in [7, 11) is 0. The molecule has 0 spiro atoms. The Labute approximate surface area is 166 Å². The van der Waals surface area contributed by atoms with Gasteiger partial charge in [-0.1, -0.05) is 24.3 Å². The van der Waals surface area contributed by atoms with E-state index in [9.17, 15) is 9.59 Å². The molecule has 1 aliphatic heterocycles. The van der Waals surface area contributed by atoms with Crippen LogP contribution >= 0.6 is 0 Å². The lowest BCUT2D eigenvalue weighted by Crippen LogP contribution is -2.37. The zero-order valence-corrected chi connectivity index (χ0v) is 16.4. The highest BCUT2D eigenvalue weighted by Gasteiger charge is 2.22. The Balaban J connectivity index is 1.66. The van der Waals surface area contributed by atoms with Crippen LogP contribution in [0.15, 0.2) is 48.5 Å². The van der Waals surface area contributed by atoms with Crippen molar-refractivity contribution in [1.82, 2.24) is 4.90 Å². The van der Waals surface area contributed by atoms with Gasteiger partial charge in [0.05, 0.1) is 18.1 Å². The first-order valence-corrected chi connectivity index (χ1v) is 9.65. The first kappa shape index (κ1) is 19.6. The van der Waals surface area contributed by atoms with Gasteiger partial charge in [-0.3, -0.25) is 9.59 Å². The summed E-state index contributed by atoms with van der Waals surface area (Å²) < 4.78 is 0. The number of nitriles is 1. The maximum Gasteiger partial charge on any atom is 0.227 e. The topological polar surface area (TPSA) is 64.4 Å². The minimum atomic E-state index is 0.0596. The quantitative estimate of drug-likeness (QED) is 0.774. The molecule has 0 aromatic heterocycles. The lowest BCUT2D eigenvalue weighted by atomic mass is 10.1. The smallest absolute Gasteiger partial charge is 0.227 e. The van der Waals surface area contributed by atoms with E-state index in [-0.39, 0.29) is 17.9 Å². The van der Waals surface area contributed by atoms with Crippen LogP contribution in [0.4, 0.5) is 5.69 Å². The molecule has 1 saturated heterocycles. The molecular weight excluding hydrogens is 350 g/mol. The number of amides is 2. The summed E-state index contributed by atoms with van der Waals surface area (Å²) in [4.78, 5) is 28.4. The molecule has 1 fully saturated rings. The third kappa shape index (κ3) is 4.58. The van der Waals surface area contributed by atoms with Gasteiger partial charge < -0.3 is 9.80 Å². The van der Waals surface area contributed by atoms with E-state index >= 15 is 0 Å². The number of carbonyl (C=O) groups is 2. The molecule has 28 heavy (non-hydrogen) atoms. The van der Waals surface area contributed by atoms with E-state index in [0.29, 0.717) is 24.9 Å². The minimum absolute atomic E-state index is 0.0596. The average Bonchev–Trinajstić information content (AvgIpc) is 3.12. The highest BCUT2D eigenvalue weighted by molar-refractivity contribution is 5.95. The number of anilines is 1. The van der Waals surface area contributed by atoms with Crippen LogP contribution < -0.4 is 4.90 Å². The summed E-state index contributed by atoms with van der Waals surface area (Å²) in [6.45, 7) is 5.29. The Kier molecular flexibility index (Phi) is 6.10. The summed E-state index contributed by atoms with van der Waals surface area (Å²) in [6, 6.07) is 17.2. The Morgan fingerprint density at radius 2 is 1.75 bits per heavy atom. The van der Waals surface area contributed by atoms with Gasteiger partial charge in [-0.25, -0.2) is 0 Å². The molecule has 1 aliphatic rings. The van der Waals surface area contributed by atoms with Crippen LogP contribution in [0.2, 0.25) is 0 Å². The Bertz CT molecular complexity index is 880. The number of benzene rings is 2. The molecule has 3 rings (SSSR count). The Hall–Kier alpha value is -3.13. The van der Waals surface area contributed by atoms with Gasteiger partial charge in [0, 0.05) is 31.2 Å². The fraction of sp³-hybridized carbons (Fsp3) is 0.348. The standard InChI is InChI=1S/C23H25N3O2/c1-17(2)26(16-20-7-5-19(15-24)6-8-20)23(28)14-18-9-11-21(12-10-18)25-13-3-4-22(25)27/h5-12,17H,3-4,13-14,16H2,1-2H3. The number of carbonyl (C=O) groups excluding carboxylic acids is 2. The van der Waals surface area contributed by atoms with Gasteiger partial charge in [0.15, 0.2) is 0 Å². The first-order valence-electron chi connectivity index (χ1n) is 9.65. The number of hydrogen-bond acceptors (Lipinski definition) is 3. The van der Waals surface area contributed by atoms with Crippen LogP contribution in [0.3, 0.4) is 0 Å². The highest BCUT2D eigenvalue weighted by Crippen LogP contribution is 2.22. The molecule has 2 aromatic carbocycles. The molecular formula is C23H25N3O2. The van der Waals surface area contributed by atoms with E-state index in [2.05, 4.69) is 6.07 Å². The van der Waals surface area contributed by atoms with E-state index in [4.69, 9.17) is 5.26 Å². The number of hydrogen-bond donors (Lipinski definition) is 0. The van der Waals surface area contributed by atoms with Crippen molar-refractivity contribution in [2.75, 3.05) is 11.4 Å². The summed E-state index contributed by atoms with van der Waals surface area (Å²) >= 11 is 0. The van der Waals surface area contributed by atoms with Crippen molar-refractivity contribution in [2.24, 2.45) is 0 Å². The van der Waals surface area contributed by atoms with Crippen molar-refractivity contribution in [1.29, 1.82) is 5.26 Å². The van der Waals surface area contributed by atoms with Crippen LogP contribution in [-0.2, 0) is 22.6 Å². The van der Waals surface area contributed by atoms with Crippen molar-refractivity contribution >= 4 is 17.5 Å². The van der Waals surface area contributed by atoms with Crippen molar-refractivity contribution < 1.29 is 9.59 Å². The summed E-state index contributed by atoms with van der Waals surface area (Å²) in [5, 5.41) is 8.92. The van der Waals surface area contributed by atoms with Gasteiger partial charge in [-0.2, -0.15) is 5.26 Å². The van der Waals surface area contributed by atoms with Crippen molar-refractivity contribution in [3.63, 3.8) is 0 Å². The first-order chi connectivity index (χ1) is 13.5. The number of nitrogens with zero attached hydrogens (tertiary/aromatic N) is 3. The normalized spacial score (nSPS) is 13.6. The zero-order chi connectivity index (χ0) is 20.1. The van der Waals surface area contributed by atoms with E-state index in [1.54, 1.807) is 17.0 Å². The van der Waals surface area contributed by atoms with Gasteiger partial charge in [-0.05, 0) is 55.7 Å². The highest BCUT2D eigenvalue weighted by atomic mass is 16.2. The molecule has 0 aliphatic carbocycles. The monoisotopic (exact) mass is 375 g/mol. The van der Waals surface area contributed by atoms with E-state index in [1.807, 2.05) is 55.1 Å². The molecule has 0 radical (unpaired) electrons. The molecule has 144 valence electrons. The van der Waals surface area contributed by atoms with Crippen LogP contribution in [0.1, 0.15) is 43.4 Å². The average molecular weight is 375 g/mol. The van der Waals surface area contributed by atoms with Gasteiger partial charge in [0.25, 0.3) is 0 Å². The second kappa shape index (κ2) is 8.71. The van der Waals surface area contributed by atoms with Crippen LogP contribution in [0, 0.1) is 11.3 Å². The summed E-state index contributed by atoms with van der Waals surface area (Å²) in [6.07, 6.45) is 1.83. The molecule has 0 saturated carbocycles. The molecule has 5 nitrogen and oxygen atoms in total. The van der Waals surface area contributed by atoms with Crippen molar-refractivity contribution in [3.05, 3.63) is 65.2 Å². The van der Waals surface area contributed by atoms with E-state index in [0.717, 1.165) is 29.8 Å². The Morgan fingerprint density at radius 1 is 1.11 bits per heavy atom. The molecule has 0 N–H and O–H groups in total. The number of rotatable bonds is 6. The van der Waals surface area contributed by atoms with Crippen molar-refractivity contribution in [2.45, 2.75) is 45.7 Å². The predicted octanol–water partition coefficient (Wildman–Crippen LogP) is 3.66. The van der Waals surface area contributed by atoms with Gasteiger partial charge in [0.1, 0.15) is 0 Å². The SMILES string of the molecule is CC(C)N(Cc1ccc(C#N)cc1)C(=O)Cc1ccc(N2CCCC2=O)cc1.